The van der Waals surface area contributed by atoms with Crippen molar-refractivity contribution >= 4 is 39.0 Å². The predicted octanol–water partition coefficient (Wildman–Crippen LogP) is 2.67. The standard InChI is InChI=1S/C20H21O6P3/c21-28(22,23)20(29(24,25)26)15-16-11-13-19(14-12-16)27(17-7-3-1-4-8-17)18-9-5-2-6-10-18/h1-14,20H,15H2,(H2,21,22,23)(H2,24,25,26). The van der Waals surface area contributed by atoms with Gasteiger partial charge in [0.25, 0.3) is 0 Å². The van der Waals surface area contributed by atoms with Crippen molar-refractivity contribution in [1.29, 1.82) is 0 Å². The Kier molecular flexibility index (Phi) is 6.88. The van der Waals surface area contributed by atoms with E-state index in [-0.39, 0.29) is 0 Å². The third-order valence-corrected chi connectivity index (χ3v) is 10.6. The highest BCUT2D eigenvalue weighted by atomic mass is 31.2. The van der Waals surface area contributed by atoms with Crippen LogP contribution in [0, 0.1) is 0 Å². The Morgan fingerprint density at radius 1 is 0.621 bits per heavy atom. The van der Waals surface area contributed by atoms with Crippen LogP contribution in [0.15, 0.2) is 84.9 Å². The molecule has 0 spiro atoms. The molecule has 0 saturated carbocycles. The van der Waals surface area contributed by atoms with Gasteiger partial charge in [-0.15, -0.1) is 0 Å². The van der Waals surface area contributed by atoms with Gasteiger partial charge in [0.1, 0.15) is 0 Å². The predicted molar refractivity (Wildman–Crippen MR) is 117 cm³/mol. The molecule has 0 radical (unpaired) electrons. The van der Waals surface area contributed by atoms with Gasteiger partial charge in [-0.3, -0.25) is 9.13 Å². The van der Waals surface area contributed by atoms with Crippen LogP contribution in [0.1, 0.15) is 5.56 Å². The third kappa shape index (κ3) is 5.72. The molecule has 3 rings (SSSR count). The lowest BCUT2D eigenvalue weighted by Crippen LogP contribution is -2.20. The minimum Gasteiger partial charge on any atom is -0.324 e. The molecule has 0 saturated heterocycles. The van der Waals surface area contributed by atoms with Gasteiger partial charge >= 0.3 is 15.2 Å². The van der Waals surface area contributed by atoms with Crippen LogP contribution in [0.5, 0.6) is 0 Å². The van der Waals surface area contributed by atoms with Gasteiger partial charge in [-0.2, -0.15) is 0 Å². The van der Waals surface area contributed by atoms with E-state index in [9.17, 15) is 28.7 Å². The lowest BCUT2D eigenvalue weighted by Gasteiger charge is -2.21. The van der Waals surface area contributed by atoms with E-state index in [1.54, 1.807) is 12.1 Å². The summed E-state index contributed by atoms with van der Waals surface area (Å²) in [6, 6.07) is 27.1. The Balaban J connectivity index is 1.94. The van der Waals surface area contributed by atoms with E-state index in [1.807, 2.05) is 48.5 Å². The maximum absolute atomic E-state index is 11.5. The first kappa shape index (κ1) is 22.1. The van der Waals surface area contributed by atoms with Crippen molar-refractivity contribution in [3.05, 3.63) is 90.5 Å². The van der Waals surface area contributed by atoms with Crippen LogP contribution in [0.4, 0.5) is 0 Å². The molecule has 0 fully saturated rings. The summed E-state index contributed by atoms with van der Waals surface area (Å²) in [5, 5.41) is 1.31. The second-order valence-corrected chi connectivity index (χ2v) is 12.8. The summed E-state index contributed by atoms with van der Waals surface area (Å²) in [6.45, 7) is 0. The Hall–Kier alpha value is -1.61. The van der Waals surface area contributed by atoms with Crippen molar-refractivity contribution in [1.82, 2.24) is 0 Å². The molecule has 4 N–H and O–H groups in total. The van der Waals surface area contributed by atoms with E-state index in [0.29, 0.717) is 5.56 Å². The first-order valence-corrected chi connectivity index (χ1v) is 13.5. The monoisotopic (exact) mass is 450 g/mol. The minimum absolute atomic E-state index is 0.399. The van der Waals surface area contributed by atoms with Crippen LogP contribution in [-0.4, -0.2) is 25.0 Å². The minimum atomic E-state index is -4.95. The zero-order valence-electron chi connectivity index (χ0n) is 15.3. The number of hydrogen-bond acceptors (Lipinski definition) is 2. The average molecular weight is 450 g/mol. The lowest BCUT2D eigenvalue weighted by molar-refractivity contribution is 0.338. The Morgan fingerprint density at radius 3 is 1.38 bits per heavy atom. The molecule has 0 aliphatic heterocycles. The van der Waals surface area contributed by atoms with E-state index < -0.39 is 34.9 Å². The van der Waals surface area contributed by atoms with Crippen LogP contribution >= 0.6 is 23.1 Å². The number of benzene rings is 3. The molecular weight excluding hydrogens is 429 g/mol. The zero-order valence-corrected chi connectivity index (χ0v) is 18.0. The summed E-state index contributed by atoms with van der Waals surface area (Å²) in [5.74, 6) is 0. The summed E-state index contributed by atoms with van der Waals surface area (Å²) >= 11 is 0. The van der Waals surface area contributed by atoms with Crippen molar-refractivity contribution in [3.8, 4) is 0 Å². The molecule has 152 valence electrons. The smallest absolute Gasteiger partial charge is 0.324 e. The summed E-state index contributed by atoms with van der Waals surface area (Å²) in [5.41, 5.74) is 0.460. The van der Waals surface area contributed by atoms with E-state index >= 15 is 0 Å². The topological polar surface area (TPSA) is 115 Å². The highest BCUT2D eigenvalue weighted by molar-refractivity contribution is 7.79. The van der Waals surface area contributed by atoms with Crippen molar-refractivity contribution < 1.29 is 28.7 Å². The lowest BCUT2D eigenvalue weighted by atomic mass is 10.2. The normalized spacial score (nSPS) is 12.5. The highest BCUT2D eigenvalue weighted by Crippen LogP contribution is 2.60. The van der Waals surface area contributed by atoms with E-state index in [0.717, 1.165) is 15.9 Å². The molecule has 0 aliphatic rings. The van der Waals surface area contributed by atoms with Gasteiger partial charge in [-0.1, -0.05) is 84.9 Å². The van der Waals surface area contributed by atoms with Gasteiger partial charge in [0.15, 0.2) is 5.40 Å². The van der Waals surface area contributed by atoms with Crippen LogP contribution in [0.25, 0.3) is 0 Å². The van der Waals surface area contributed by atoms with Gasteiger partial charge in [-0.05, 0) is 35.8 Å². The molecule has 0 atom stereocenters. The van der Waals surface area contributed by atoms with E-state index in [1.165, 1.54) is 0 Å². The SMILES string of the molecule is O=P(O)(O)C(Cc1ccc(P(c2ccccc2)c2ccccc2)cc1)P(=O)(O)O. The molecule has 0 bridgehead atoms. The van der Waals surface area contributed by atoms with Gasteiger partial charge in [0.05, 0.1) is 0 Å². The number of rotatable bonds is 7. The first-order chi connectivity index (χ1) is 13.7. The third-order valence-electron chi connectivity index (χ3n) is 4.42. The van der Waals surface area contributed by atoms with Gasteiger partial charge < -0.3 is 19.6 Å². The summed E-state index contributed by atoms with van der Waals surface area (Å²) in [7, 11) is -10.7. The van der Waals surface area contributed by atoms with Crippen LogP contribution in [0.2, 0.25) is 0 Å². The first-order valence-electron chi connectivity index (χ1n) is 8.76. The number of hydrogen-bond donors (Lipinski definition) is 4. The molecular formula is C20H21O6P3. The van der Waals surface area contributed by atoms with E-state index in [2.05, 4.69) is 24.3 Å². The fourth-order valence-electron chi connectivity index (χ4n) is 3.03. The Morgan fingerprint density at radius 2 is 1.00 bits per heavy atom. The van der Waals surface area contributed by atoms with Crippen molar-refractivity contribution in [2.75, 3.05) is 0 Å². The molecule has 0 aliphatic carbocycles. The zero-order chi connectivity index (χ0) is 21.1. The maximum Gasteiger partial charge on any atom is 0.341 e. The molecule has 0 unspecified atom stereocenters. The quantitative estimate of drug-likeness (QED) is 0.412. The van der Waals surface area contributed by atoms with Crippen molar-refractivity contribution in [3.63, 3.8) is 0 Å². The van der Waals surface area contributed by atoms with Gasteiger partial charge in [-0.25, -0.2) is 0 Å². The molecule has 3 aromatic carbocycles. The molecule has 6 nitrogen and oxygen atoms in total. The summed E-state index contributed by atoms with van der Waals surface area (Å²) < 4.78 is 23.1. The van der Waals surface area contributed by atoms with E-state index in [4.69, 9.17) is 0 Å². The average Bonchev–Trinajstić information content (AvgIpc) is 2.67. The Bertz CT molecular complexity index is 967. The molecule has 0 aromatic heterocycles. The summed E-state index contributed by atoms with van der Waals surface area (Å²) in [6.07, 6.45) is -0.399. The molecule has 9 heteroatoms. The fraction of sp³-hybridized carbons (Fsp3) is 0.100. The van der Waals surface area contributed by atoms with Crippen LogP contribution < -0.4 is 15.9 Å². The second kappa shape index (κ2) is 9.04. The molecule has 0 heterocycles. The second-order valence-electron chi connectivity index (χ2n) is 6.54. The van der Waals surface area contributed by atoms with Gasteiger partial charge in [0, 0.05) is 0 Å². The van der Waals surface area contributed by atoms with Crippen LogP contribution in [-0.2, 0) is 15.6 Å². The fourth-order valence-corrected chi connectivity index (χ4v) is 7.77. The maximum atomic E-state index is 11.5. The Labute approximate surface area is 170 Å². The largest absolute Gasteiger partial charge is 0.341 e. The molecule has 29 heavy (non-hydrogen) atoms. The molecule has 0 amide bonds. The van der Waals surface area contributed by atoms with Crippen LogP contribution in [0.3, 0.4) is 0 Å². The highest BCUT2D eigenvalue weighted by Gasteiger charge is 2.43. The van der Waals surface area contributed by atoms with Gasteiger partial charge in [0.2, 0.25) is 0 Å². The van der Waals surface area contributed by atoms with Crippen molar-refractivity contribution in [2.24, 2.45) is 0 Å². The molecule has 3 aromatic rings. The van der Waals surface area contributed by atoms with Crippen molar-refractivity contribution in [2.45, 2.75) is 11.8 Å². The summed E-state index contributed by atoms with van der Waals surface area (Å²) in [4.78, 5) is 37.3.